The summed E-state index contributed by atoms with van der Waals surface area (Å²) in [6, 6.07) is 3.63. The van der Waals surface area contributed by atoms with Gasteiger partial charge in [0.25, 0.3) is 0 Å². The number of anilines is 3. The molecule has 0 aliphatic carbocycles. The summed E-state index contributed by atoms with van der Waals surface area (Å²) in [4.78, 5) is 15.3. The number of aromatic nitrogens is 4. The van der Waals surface area contributed by atoms with Crippen LogP contribution in [0.25, 0.3) is 11.0 Å². The van der Waals surface area contributed by atoms with Crippen molar-refractivity contribution < 1.29 is 0 Å². The first-order chi connectivity index (χ1) is 9.28. The van der Waals surface area contributed by atoms with Crippen LogP contribution < -0.4 is 11.1 Å². The first-order valence-corrected chi connectivity index (χ1v) is 5.59. The van der Waals surface area contributed by atoms with Gasteiger partial charge < -0.3 is 21.4 Å². The van der Waals surface area contributed by atoms with Gasteiger partial charge in [-0.1, -0.05) is 0 Å². The van der Waals surface area contributed by atoms with E-state index in [9.17, 15) is 0 Å². The molecule has 0 bridgehead atoms. The molecule has 0 radical (unpaired) electrons. The van der Waals surface area contributed by atoms with Crippen LogP contribution in [0.1, 0.15) is 5.56 Å². The van der Waals surface area contributed by atoms with E-state index in [2.05, 4.69) is 25.3 Å². The van der Waals surface area contributed by atoms with Crippen molar-refractivity contribution in [2.45, 2.75) is 0 Å². The third-order valence-corrected chi connectivity index (χ3v) is 2.72. The molecular formula is C12H11N7. The minimum atomic E-state index is 0.329. The fourth-order valence-corrected chi connectivity index (χ4v) is 1.79. The molecule has 0 aliphatic heterocycles. The van der Waals surface area contributed by atoms with Gasteiger partial charge >= 0.3 is 0 Å². The fourth-order valence-electron chi connectivity index (χ4n) is 1.79. The zero-order chi connectivity index (χ0) is 13.2. The second-order valence-electron chi connectivity index (χ2n) is 3.93. The molecule has 3 aromatic heterocycles. The van der Waals surface area contributed by atoms with Crippen molar-refractivity contribution in [2.75, 3.05) is 11.1 Å². The summed E-state index contributed by atoms with van der Waals surface area (Å²) in [5.41, 5.74) is 7.68. The largest absolute Gasteiger partial charge is 0.383 e. The van der Waals surface area contributed by atoms with Crippen molar-refractivity contribution in [2.24, 2.45) is 0 Å². The predicted octanol–water partition coefficient (Wildman–Crippen LogP) is 1.68. The molecule has 3 heterocycles. The smallest absolute Gasteiger partial charge is 0.143 e. The predicted molar refractivity (Wildman–Crippen MR) is 73.7 cm³/mol. The van der Waals surface area contributed by atoms with Crippen molar-refractivity contribution in [3.63, 3.8) is 0 Å². The van der Waals surface area contributed by atoms with Crippen molar-refractivity contribution in [3.05, 3.63) is 36.4 Å². The van der Waals surface area contributed by atoms with Crippen LogP contribution >= 0.6 is 0 Å². The van der Waals surface area contributed by atoms with E-state index >= 15 is 0 Å². The number of aromatic amines is 1. The maximum Gasteiger partial charge on any atom is 0.143 e. The van der Waals surface area contributed by atoms with E-state index in [-0.39, 0.29) is 0 Å². The molecule has 0 unspecified atom stereocenters. The van der Waals surface area contributed by atoms with E-state index in [0.29, 0.717) is 22.9 Å². The molecule has 0 atom stereocenters. The number of hydrogen-bond donors (Lipinski definition) is 4. The topological polar surface area (TPSA) is 116 Å². The quantitative estimate of drug-likeness (QED) is 0.530. The SMILES string of the molecule is N=Cc1cc(Nc2ncnc3[nH]ccc23)cnc1N. The van der Waals surface area contributed by atoms with E-state index in [1.165, 1.54) is 12.5 Å². The third kappa shape index (κ3) is 1.97. The number of rotatable bonds is 3. The van der Waals surface area contributed by atoms with Crippen LogP contribution in [0.5, 0.6) is 0 Å². The lowest BCUT2D eigenvalue weighted by Crippen LogP contribution is -2.00. The van der Waals surface area contributed by atoms with E-state index < -0.39 is 0 Å². The summed E-state index contributed by atoms with van der Waals surface area (Å²) in [6.07, 6.45) is 6.04. The fraction of sp³-hybridized carbons (Fsp3) is 0. The van der Waals surface area contributed by atoms with Gasteiger partial charge in [-0.3, -0.25) is 0 Å². The number of nitrogens with zero attached hydrogens (tertiary/aromatic N) is 3. The maximum absolute atomic E-state index is 7.26. The molecule has 0 aliphatic rings. The van der Waals surface area contributed by atoms with Gasteiger partial charge in [0.15, 0.2) is 0 Å². The summed E-state index contributed by atoms with van der Waals surface area (Å²) < 4.78 is 0. The Labute approximate surface area is 108 Å². The molecule has 0 saturated heterocycles. The molecular weight excluding hydrogens is 242 g/mol. The standard InChI is InChI=1S/C12H11N7/c13-4-7-3-8(5-16-10(7)14)19-12-9-1-2-15-11(9)17-6-18-12/h1-6,13H,(H2,14,16)(H2,15,17,18,19). The molecule has 19 heavy (non-hydrogen) atoms. The molecule has 0 spiro atoms. The van der Waals surface area contributed by atoms with Gasteiger partial charge in [-0.25, -0.2) is 15.0 Å². The lowest BCUT2D eigenvalue weighted by atomic mass is 10.2. The summed E-state index contributed by atoms with van der Waals surface area (Å²) in [7, 11) is 0. The highest BCUT2D eigenvalue weighted by Crippen LogP contribution is 2.22. The van der Waals surface area contributed by atoms with E-state index in [1.54, 1.807) is 18.5 Å². The lowest BCUT2D eigenvalue weighted by molar-refractivity contribution is 1.19. The van der Waals surface area contributed by atoms with Gasteiger partial charge in [-0.05, 0) is 12.1 Å². The van der Waals surface area contributed by atoms with Crippen molar-refractivity contribution in [3.8, 4) is 0 Å². The Kier molecular flexibility index (Phi) is 2.57. The van der Waals surface area contributed by atoms with Gasteiger partial charge in [-0.2, -0.15) is 0 Å². The highest BCUT2D eigenvalue weighted by atomic mass is 15.0. The molecule has 3 aromatic rings. The Bertz CT molecular complexity index is 747. The summed E-state index contributed by atoms with van der Waals surface area (Å²) in [5.74, 6) is 1.00. The Balaban J connectivity index is 2.01. The zero-order valence-corrected chi connectivity index (χ0v) is 9.88. The van der Waals surface area contributed by atoms with Gasteiger partial charge in [0.05, 0.1) is 17.3 Å². The van der Waals surface area contributed by atoms with Crippen LogP contribution in [0.2, 0.25) is 0 Å². The molecule has 7 heteroatoms. The van der Waals surface area contributed by atoms with Gasteiger partial charge in [0.2, 0.25) is 0 Å². The van der Waals surface area contributed by atoms with Gasteiger partial charge in [-0.15, -0.1) is 0 Å². The number of hydrogen-bond acceptors (Lipinski definition) is 6. The lowest BCUT2D eigenvalue weighted by Gasteiger charge is -2.07. The highest BCUT2D eigenvalue weighted by Gasteiger charge is 2.06. The van der Waals surface area contributed by atoms with Crippen molar-refractivity contribution in [1.82, 2.24) is 19.9 Å². The number of nitrogen functional groups attached to an aromatic ring is 1. The minimum Gasteiger partial charge on any atom is -0.383 e. The van der Waals surface area contributed by atoms with E-state index in [1.807, 2.05) is 6.07 Å². The normalized spacial score (nSPS) is 10.5. The first kappa shape index (κ1) is 11.1. The van der Waals surface area contributed by atoms with Crippen LogP contribution in [-0.2, 0) is 0 Å². The minimum absolute atomic E-state index is 0.329. The molecule has 0 fully saturated rings. The van der Waals surface area contributed by atoms with Gasteiger partial charge in [0, 0.05) is 18.0 Å². The summed E-state index contributed by atoms with van der Waals surface area (Å²) in [5, 5.41) is 11.3. The van der Waals surface area contributed by atoms with Crippen LogP contribution in [0, 0.1) is 5.41 Å². The first-order valence-electron chi connectivity index (χ1n) is 5.59. The number of pyridine rings is 1. The Morgan fingerprint density at radius 3 is 3.05 bits per heavy atom. The average Bonchev–Trinajstić information content (AvgIpc) is 2.90. The molecule has 0 saturated carbocycles. The van der Waals surface area contributed by atoms with Crippen LogP contribution in [0.15, 0.2) is 30.9 Å². The third-order valence-electron chi connectivity index (χ3n) is 2.72. The summed E-state index contributed by atoms with van der Waals surface area (Å²) >= 11 is 0. The van der Waals surface area contributed by atoms with Crippen LogP contribution in [0.3, 0.4) is 0 Å². The average molecular weight is 253 g/mol. The molecule has 5 N–H and O–H groups in total. The van der Waals surface area contributed by atoms with Crippen LogP contribution in [-0.4, -0.2) is 26.2 Å². The highest BCUT2D eigenvalue weighted by molar-refractivity contribution is 5.90. The Hall–Kier alpha value is -2.96. The Morgan fingerprint density at radius 1 is 1.32 bits per heavy atom. The molecule has 0 aromatic carbocycles. The zero-order valence-electron chi connectivity index (χ0n) is 9.88. The van der Waals surface area contributed by atoms with Crippen molar-refractivity contribution >= 4 is 34.6 Å². The van der Waals surface area contributed by atoms with Gasteiger partial charge in [0.1, 0.15) is 23.6 Å². The van der Waals surface area contributed by atoms with Crippen LogP contribution in [0.4, 0.5) is 17.3 Å². The molecule has 3 rings (SSSR count). The summed E-state index contributed by atoms with van der Waals surface area (Å²) in [6.45, 7) is 0. The monoisotopic (exact) mass is 253 g/mol. The van der Waals surface area contributed by atoms with E-state index in [4.69, 9.17) is 11.1 Å². The molecule has 0 amide bonds. The number of fused-ring (bicyclic) bond motifs is 1. The van der Waals surface area contributed by atoms with E-state index in [0.717, 1.165) is 11.0 Å². The number of nitrogens with one attached hydrogen (secondary N) is 3. The maximum atomic E-state index is 7.26. The van der Waals surface area contributed by atoms with Crippen molar-refractivity contribution in [1.29, 1.82) is 5.41 Å². The molecule has 94 valence electrons. The second-order valence-corrected chi connectivity index (χ2v) is 3.93. The Morgan fingerprint density at radius 2 is 2.21 bits per heavy atom. The second kappa shape index (κ2) is 4.37. The number of nitrogens with two attached hydrogens (primary N) is 1. The molecule has 7 nitrogen and oxygen atoms in total. The number of H-pyrrole nitrogens is 1.